The van der Waals surface area contributed by atoms with Crippen molar-refractivity contribution in [2.24, 2.45) is 5.73 Å². The van der Waals surface area contributed by atoms with Crippen molar-refractivity contribution >= 4 is 0 Å². The van der Waals surface area contributed by atoms with Crippen LogP contribution in [0.4, 0.5) is 0 Å². The van der Waals surface area contributed by atoms with Gasteiger partial charge in [-0.05, 0) is 26.0 Å². The molecule has 0 bridgehead atoms. The van der Waals surface area contributed by atoms with Crippen LogP contribution in [0.3, 0.4) is 0 Å². The Labute approximate surface area is 84.5 Å². The molecule has 0 spiro atoms. The third-order valence-corrected chi connectivity index (χ3v) is 2.01. The Morgan fingerprint density at radius 2 is 1.93 bits per heavy atom. The van der Waals surface area contributed by atoms with E-state index in [1.54, 1.807) is 13.8 Å². The van der Waals surface area contributed by atoms with Gasteiger partial charge in [0.05, 0.1) is 0 Å². The second kappa shape index (κ2) is 4.44. The Hall–Kier alpha value is -1.06. The van der Waals surface area contributed by atoms with Crippen LogP contribution in [0, 0.1) is 0 Å². The quantitative estimate of drug-likeness (QED) is 0.758. The molecule has 3 heteroatoms. The predicted octanol–water partition coefficient (Wildman–Crippen LogP) is 1.16. The van der Waals surface area contributed by atoms with E-state index in [0.29, 0.717) is 0 Å². The molecular formula is C11H17NO2. The number of ether oxygens (including phenoxy) is 1. The van der Waals surface area contributed by atoms with Crippen LogP contribution < -0.4 is 10.5 Å². The first-order valence-electron chi connectivity index (χ1n) is 4.65. The van der Waals surface area contributed by atoms with Gasteiger partial charge < -0.3 is 15.6 Å². The van der Waals surface area contributed by atoms with Gasteiger partial charge in [0.1, 0.15) is 18.5 Å². The van der Waals surface area contributed by atoms with E-state index in [2.05, 4.69) is 0 Å². The molecule has 1 aromatic rings. The van der Waals surface area contributed by atoms with Crippen molar-refractivity contribution in [3.8, 4) is 5.75 Å². The molecule has 0 aliphatic heterocycles. The van der Waals surface area contributed by atoms with Gasteiger partial charge in [-0.3, -0.25) is 0 Å². The van der Waals surface area contributed by atoms with Crippen molar-refractivity contribution < 1.29 is 9.84 Å². The number of hydrogen-bond acceptors (Lipinski definition) is 3. The largest absolute Gasteiger partial charge is 0.491 e. The zero-order valence-electron chi connectivity index (χ0n) is 8.60. The van der Waals surface area contributed by atoms with E-state index in [4.69, 9.17) is 10.5 Å². The Balaban J connectivity index is 2.42. The monoisotopic (exact) mass is 195 g/mol. The van der Waals surface area contributed by atoms with Crippen molar-refractivity contribution in [2.45, 2.75) is 25.5 Å². The average Bonchev–Trinajstić information content (AvgIpc) is 2.14. The van der Waals surface area contributed by atoms with E-state index in [-0.39, 0.29) is 6.61 Å². The minimum atomic E-state index is -0.664. The third kappa shape index (κ3) is 3.36. The van der Waals surface area contributed by atoms with Gasteiger partial charge in [-0.1, -0.05) is 18.2 Å². The molecule has 0 heterocycles. The predicted molar refractivity (Wildman–Crippen MR) is 56.2 cm³/mol. The lowest BCUT2D eigenvalue weighted by molar-refractivity contribution is 0.0545. The molecule has 1 atom stereocenters. The van der Waals surface area contributed by atoms with Crippen molar-refractivity contribution in [3.63, 3.8) is 0 Å². The number of benzene rings is 1. The molecule has 1 rings (SSSR count). The highest BCUT2D eigenvalue weighted by molar-refractivity contribution is 5.20. The lowest BCUT2D eigenvalue weighted by Gasteiger charge is -2.25. The summed E-state index contributed by atoms with van der Waals surface area (Å²) in [5.74, 6) is 0.746. The molecule has 0 radical (unpaired) electrons. The first kappa shape index (κ1) is 11.0. The molecule has 0 saturated carbocycles. The third-order valence-electron chi connectivity index (χ3n) is 2.01. The van der Waals surface area contributed by atoms with Gasteiger partial charge >= 0.3 is 0 Å². The fourth-order valence-corrected chi connectivity index (χ4v) is 0.907. The van der Waals surface area contributed by atoms with Gasteiger partial charge in [0.15, 0.2) is 0 Å². The van der Waals surface area contributed by atoms with Crippen LogP contribution in [-0.2, 0) is 0 Å². The lowest BCUT2D eigenvalue weighted by atomic mass is 10.00. The maximum atomic E-state index is 9.60. The Morgan fingerprint density at radius 1 is 1.36 bits per heavy atom. The van der Waals surface area contributed by atoms with Crippen molar-refractivity contribution in [1.82, 2.24) is 0 Å². The van der Waals surface area contributed by atoms with Crippen LogP contribution in [0.15, 0.2) is 30.3 Å². The lowest BCUT2D eigenvalue weighted by Crippen LogP contribution is -2.48. The van der Waals surface area contributed by atoms with Gasteiger partial charge in [0.2, 0.25) is 0 Å². The zero-order chi connectivity index (χ0) is 10.6. The number of para-hydroxylation sites is 1. The van der Waals surface area contributed by atoms with Gasteiger partial charge in [-0.2, -0.15) is 0 Å². The molecule has 78 valence electrons. The van der Waals surface area contributed by atoms with E-state index in [0.717, 1.165) is 5.75 Å². The number of rotatable bonds is 4. The summed E-state index contributed by atoms with van der Waals surface area (Å²) in [6.45, 7) is 3.76. The van der Waals surface area contributed by atoms with Gasteiger partial charge in [-0.15, -0.1) is 0 Å². The smallest absolute Gasteiger partial charge is 0.119 e. The van der Waals surface area contributed by atoms with Crippen molar-refractivity contribution in [3.05, 3.63) is 30.3 Å². The van der Waals surface area contributed by atoms with Crippen molar-refractivity contribution in [2.75, 3.05) is 6.61 Å². The summed E-state index contributed by atoms with van der Waals surface area (Å²) in [5, 5.41) is 9.60. The fraction of sp³-hybridized carbons (Fsp3) is 0.455. The molecule has 1 aromatic carbocycles. The molecule has 3 N–H and O–H groups in total. The van der Waals surface area contributed by atoms with Gasteiger partial charge in [0.25, 0.3) is 0 Å². The van der Waals surface area contributed by atoms with Crippen LogP contribution in [0.1, 0.15) is 13.8 Å². The first-order chi connectivity index (χ1) is 6.50. The topological polar surface area (TPSA) is 55.5 Å². The average molecular weight is 195 g/mol. The summed E-state index contributed by atoms with van der Waals surface area (Å²) in [6, 6.07) is 9.37. The molecule has 0 aromatic heterocycles. The summed E-state index contributed by atoms with van der Waals surface area (Å²) >= 11 is 0. The van der Waals surface area contributed by atoms with E-state index in [1.807, 2.05) is 30.3 Å². The highest BCUT2D eigenvalue weighted by Gasteiger charge is 2.22. The number of aliphatic hydroxyl groups is 1. The normalized spacial score (nSPS) is 13.7. The summed E-state index contributed by atoms with van der Waals surface area (Å²) in [5.41, 5.74) is 5.08. The first-order valence-corrected chi connectivity index (χ1v) is 4.65. The van der Waals surface area contributed by atoms with Crippen LogP contribution in [0.2, 0.25) is 0 Å². The molecule has 0 fully saturated rings. The van der Waals surface area contributed by atoms with Crippen LogP contribution in [0.5, 0.6) is 5.75 Å². The molecule has 1 unspecified atom stereocenters. The summed E-state index contributed by atoms with van der Waals surface area (Å²) in [7, 11) is 0. The molecule has 0 aliphatic rings. The Bertz CT molecular complexity index is 266. The number of aliphatic hydroxyl groups excluding tert-OH is 1. The molecule has 0 aliphatic carbocycles. The van der Waals surface area contributed by atoms with E-state index < -0.39 is 11.6 Å². The standard InChI is InChI=1S/C11H17NO2/c1-11(2,12)10(13)8-14-9-6-4-3-5-7-9/h3-7,10,13H,8,12H2,1-2H3. The molecule has 0 saturated heterocycles. The minimum Gasteiger partial charge on any atom is -0.491 e. The van der Waals surface area contributed by atoms with Gasteiger partial charge in [-0.25, -0.2) is 0 Å². The van der Waals surface area contributed by atoms with Crippen LogP contribution in [-0.4, -0.2) is 23.4 Å². The van der Waals surface area contributed by atoms with Crippen LogP contribution in [0.25, 0.3) is 0 Å². The van der Waals surface area contributed by atoms with Crippen LogP contribution >= 0.6 is 0 Å². The minimum absolute atomic E-state index is 0.216. The van der Waals surface area contributed by atoms with Gasteiger partial charge in [0, 0.05) is 5.54 Å². The fourth-order valence-electron chi connectivity index (χ4n) is 0.907. The highest BCUT2D eigenvalue weighted by Crippen LogP contribution is 2.11. The maximum absolute atomic E-state index is 9.60. The zero-order valence-corrected chi connectivity index (χ0v) is 8.60. The molecule has 0 amide bonds. The molecule has 14 heavy (non-hydrogen) atoms. The highest BCUT2D eigenvalue weighted by atomic mass is 16.5. The molecule has 3 nitrogen and oxygen atoms in total. The number of nitrogens with two attached hydrogens (primary N) is 1. The number of hydrogen-bond donors (Lipinski definition) is 2. The second-order valence-corrected chi connectivity index (χ2v) is 3.96. The Kier molecular flexibility index (Phi) is 3.49. The maximum Gasteiger partial charge on any atom is 0.119 e. The second-order valence-electron chi connectivity index (χ2n) is 3.96. The van der Waals surface area contributed by atoms with E-state index in [1.165, 1.54) is 0 Å². The summed E-state index contributed by atoms with van der Waals surface area (Å²) in [4.78, 5) is 0. The summed E-state index contributed by atoms with van der Waals surface area (Å²) < 4.78 is 5.36. The Morgan fingerprint density at radius 3 is 2.43 bits per heavy atom. The SMILES string of the molecule is CC(C)(N)C(O)COc1ccccc1. The summed E-state index contributed by atoms with van der Waals surface area (Å²) in [6.07, 6.45) is -0.664. The molecular weight excluding hydrogens is 178 g/mol. The van der Waals surface area contributed by atoms with E-state index in [9.17, 15) is 5.11 Å². The van der Waals surface area contributed by atoms with E-state index >= 15 is 0 Å². The van der Waals surface area contributed by atoms with Crippen molar-refractivity contribution in [1.29, 1.82) is 0 Å².